The number of benzene rings is 1. The summed E-state index contributed by atoms with van der Waals surface area (Å²) in [6, 6.07) is 9.35. The van der Waals surface area contributed by atoms with Gasteiger partial charge < -0.3 is 15.0 Å². The average Bonchev–Trinajstić information content (AvgIpc) is 3.03. The van der Waals surface area contributed by atoms with Gasteiger partial charge in [0, 0.05) is 32.6 Å². The van der Waals surface area contributed by atoms with Crippen molar-refractivity contribution in [3.8, 4) is 5.69 Å². The Balaban J connectivity index is 1.50. The number of morpholine rings is 1. The van der Waals surface area contributed by atoms with Crippen molar-refractivity contribution in [2.45, 2.75) is 24.8 Å². The van der Waals surface area contributed by atoms with Crippen LogP contribution in [0.25, 0.3) is 5.69 Å². The standard InChI is InChI=1S/C19H25N5O3/c1-22-19(26)24(15-5-3-2-4-6-15)17(21-22)14-7-10-23(11-8-14)18(25)16-13-27-12-9-20-16/h2-6,14,16,20H,7-13H2,1H3. The fraction of sp³-hybridized carbons (Fsp3) is 0.526. The highest BCUT2D eigenvalue weighted by Gasteiger charge is 2.32. The van der Waals surface area contributed by atoms with Gasteiger partial charge in [-0.2, -0.15) is 5.10 Å². The zero-order valence-electron chi connectivity index (χ0n) is 15.5. The molecule has 1 amide bonds. The summed E-state index contributed by atoms with van der Waals surface area (Å²) < 4.78 is 8.49. The molecule has 0 radical (unpaired) electrons. The smallest absolute Gasteiger partial charge is 0.350 e. The van der Waals surface area contributed by atoms with Crippen molar-refractivity contribution in [2.24, 2.45) is 7.05 Å². The normalized spacial score (nSPS) is 21.4. The molecule has 1 atom stereocenters. The predicted molar refractivity (Wildman–Crippen MR) is 100.0 cm³/mol. The number of likely N-dealkylation sites (tertiary alicyclic amines) is 1. The first kappa shape index (κ1) is 17.9. The van der Waals surface area contributed by atoms with Crippen molar-refractivity contribution < 1.29 is 9.53 Å². The number of carbonyl (C=O) groups is 1. The Hall–Kier alpha value is -2.45. The summed E-state index contributed by atoms with van der Waals surface area (Å²) in [6.45, 7) is 3.14. The van der Waals surface area contributed by atoms with Crippen LogP contribution in [0, 0.1) is 0 Å². The molecular weight excluding hydrogens is 346 g/mol. The number of carbonyl (C=O) groups excluding carboxylic acids is 1. The summed E-state index contributed by atoms with van der Waals surface area (Å²) in [6.07, 6.45) is 1.59. The van der Waals surface area contributed by atoms with Crippen LogP contribution < -0.4 is 11.0 Å². The molecule has 0 aliphatic carbocycles. The van der Waals surface area contributed by atoms with Gasteiger partial charge in [-0.25, -0.2) is 14.0 Å². The maximum absolute atomic E-state index is 12.7. The molecule has 27 heavy (non-hydrogen) atoms. The Morgan fingerprint density at radius 1 is 1.22 bits per heavy atom. The number of hydrogen-bond donors (Lipinski definition) is 1. The van der Waals surface area contributed by atoms with Gasteiger partial charge in [0.25, 0.3) is 0 Å². The van der Waals surface area contributed by atoms with Crippen molar-refractivity contribution in [3.63, 3.8) is 0 Å². The molecule has 2 aliphatic heterocycles. The molecule has 1 aromatic carbocycles. The predicted octanol–water partition coefficient (Wildman–Crippen LogP) is 0.265. The van der Waals surface area contributed by atoms with Gasteiger partial charge in [-0.1, -0.05) is 18.2 Å². The second kappa shape index (κ2) is 7.66. The molecular formula is C19H25N5O3. The van der Waals surface area contributed by atoms with E-state index >= 15 is 0 Å². The largest absolute Gasteiger partial charge is 0.378 e. The number of piperidine rings is 1. The van der Waals surface area contributed by atoms with E-state index in [-0.39, 0.29) is 23.6 Å². The number of ether oxygens (including phenoxy) is 1. The SMILES string of the molecule is Cn1nc(C2CCN(C(=O)C3COCCN3)CC2)n(-c2ccccc2)c1=O. The molecule has 1 unspecified atom stereocenters. The lowest BCUT2D eigenvalue weighted by molar-refractivity contribution is -0.137. The molecule has 4 rings (SSSR count). The van der Waals surface area contributed by atoms with E-state index in [9.17, 15) is 9.59 Å². The molecule has 3 heterocycles. The third-order valence-corrected chi connectivity index (χ3v) is 5.36. The topological polar surface area (TPSA) is 81.4 Å². The summed E-state index contributed by atoms with van der Waals surface area (Å²) in [7, 11) is 1.68. The lowest BCUT2D eigenvalue weighted by Crippen LogP contribution is -2.54. The monoisotopic (exact) mass is 371 g/mol. The van der Waals surface area contributed by atoms with Crippen LogP contribution in [0.1, 0.15) is 24.6 Å². The highest BCUT2D eigenvalue weighted by Crippen LogP contribution is 2.28. The lowest BCUT2D eigenvalue weighted by Gasteiger charge is -2.35. The first-order valence-corrected chi connectivity index (χ1v) is 9.46. The second-order valence-electron chi connectivity index (χ2n) is 7.12. The molecule has 8 heteroatoms. The van der Waals surface area contributed by atoms with Crippen molar-refractivity contribution in [1.82, 2.24) is 24.6 Å². The van der Waals surface area contributed by atoms with E-state index in [1.165, 1.54) is 4.68 Å². The third kappa shape index (κ3) is 3.54. The van der Waals surface area contributed by atoms with Gasteiger partial charge in [0.15, 0.2) is 0 Å². The van der Waals surface area contributed by atoms with E-state index in [0.29, 0.717) is 32.8 Å². The highest BCUT2D eigenvalue weighted by atomic mass is 16.5. The quantitative estimate of drug-likeness (QED) is 0.837. The number of nitrogens with zero attached hydrogens (tertiary/aromatic N) is 4. The van der Waals surface area contributed by atoms with Crippen LogP contribution in [-0.4, -0.2) is 64.0 Å². The van der Waals surface area contributed by atoms with Gasteiger partial charge in [0.2, 0.25) is 5.91 Å². The first-order chi connectivity index (χ1) is 13.1. The number of para-hydroxylation sites is 1. The first-order valence-electron chi connectivity index (χ1n) is 9.46. The molecule has 144 valence electrons. The van der Waals surface area contributed by atoms with Gasteiger partial charge in [-0.15, -0.1) is 0 Å². The maximum Gasteiger partial charge on any atom is 0.350 e. The van der Waals surface area contributed by atoms with Crippen molar-refractivity contribution in [1.29, 1.82) is 0 Å². The summed E-state index contributed by atoms with van der Waals surface area (Å²) in [5.41, 5.74) is 0.686. The Kier molecular flexibility index (Phi) is 5.09. The van der Waals surface area contributed by atoms with E-state index in [1.54, 1.807) is 11.6 Å². The van der Waals surface area contributed by atoms with Crippen LogP contribution in [-0.2, 0) is 16.6 Å². The third-order valence-electron chi connectivity index (χ3n) is 5.36. The minimum atomic E-state index is -0.243. The molecule has 2 saturated heterocycles. The maximum atomic E-state index is 12.7. The van der Waals surface area contributed by atoms with Crippen LogP contribution in [0.5, 0.6) is 0 Å². The molecule has 0 spiro atoms. The molecule has 0 bridgehead atoms. The Labute approximate surface area is 157 Å². The van der Waals surface area contributed by atoms with Crippen LogP contribution in [0.15, 0.2) is 35.1 Å². The van der Waals surface area contributed by atoms with Crippen molar-refractivity contribution in [3.05, 3.63) is 46.6 Å². The minimum Gasteiger partial charge on any atom is -0.378 e. The van der Waals surface area contributed by atoms with Crippen molar-refractivity contribution >= 4 is 5.91 Å². The van der Waals surface area contributed by atoms with Gasteiger partial charge in [-0.05, 0) is 25.0 Å². The van der Waals surface area contributed by atoms with Crippen molar-refractivity contribution in [2.75, 3.05) is 32.8 Å². The molecule has 2 aromatic rings. The molecule has 1 aromatic heterocycles. The molecule has 2 aliphatic rings. The second-order valence-corrected chi connectivity index (χ2v) is 7.12. The Morgan fingerprint density at radius 3 is 2.63 bits per heavy atom. The van der Waals surface area contributed by atoms with E-state index in [1.807, 2.05) is 35.2 Å². The summed E-state index contributed by atoms with van der Waals surface area (Å²) in [5.74, 6) is 1.04. The van der Waals surface area contributed by atoms with E-state index in [4.69, 9.17) is 4.74 Å². The highest BCUT2D eigenvalue weighted by molar-refractivity contribution is 5.82. The lowest BCUT2D eigenvalue weighted by atomic mass is 9.95. The fourth-order valence-corrected chi connectivity index (χ4v) is 3.87. The van der Waals surface area contributed by atoms with Gasteiger partial charge in [0.1, 0.15) is 11.9 Å². The van der Waals surface area contributed by atoms with Crippen LogP contribution >= 0.6 is 0 Å². The van der Waals surface area contributed by atoms with Crippen LogP contribution in [0.3, 0.4) is 0 Å². The summed E-state index contributed by atoms with van der Waals surface area (Å²) in [5, 5.41) is 7.72. The molecule has 0 saturated carbocycles. The minimum absolute atomic E-state index is 0.106. The summed E-state index contributed by atoms with van der Waals surface area (Å²) >= 11 is 0. The van der Waals surface area contributed by atoms with Gasteiger partial charge in [-0.3, -0.25) is 4.79 Å². The average molecular weight is 371 g/mol. The number of rotatable bonds is 3. The number of aromatic nitrogens is 3. The zero-order chi connectivity index (χ0) is 18.8. The zero-order valence-corrected chi connectivity index (χ0v) is 15.5. The van der Waals surface area contributed by atoms with Gasteiger partial charge >= 0.3 is 5.69 Å². The van der Waals surface area contributed by atoms with E-state index < -0.39 is 0 Å². The summed E-state index contributed by atoms with van der Waals surface area (Å²) in [4.78, 5) is 27.1. The number of nitrogens with one attached hydrogen (secondary N) is 1. The Bertz CT molecular complexity index is 846. The number of hydrogen-bond acceptors (Lipinski definition) is 5. The van der Waals surface area contributed by atoms with Crippen LogP contribution in [0.2, 0.25) is 0 Å². The van der Waals surface area contributed by atoms with Gasteiger partial charge in [0.05, 0.1) is 18.9 Å². The van der Waals surface area contributed by atoms with Crippen LogP contribution in [0.4, 0.5) is 0 Å². The molecule has 1 N–H and O–H groups in total. The molecule has 2 fully saturated rings. The molecule has 8 nitrogen and oxygen atoms in total. The van der Waals surface area contributed by atoms with E-state index in [2.05, 4.69) is 10.4 Å². The fourth-order valence-electron chi connectivity index (χ4n) is 3.87. The van der Waals surface area contributed by atoms with E-state index in [0.717, 1.165) is 24.4 Å². The number of amides is 1. The Morgan fingerprint density at radius 2 is 1.96 bits per heavy atom. The number of aryl methyl sites for hydroxylation is 1.